The van der Waals surface area contributed by atoms with Crippen LogP contribution in [0.4, 0.5) is 0 Å². The Morgan fingerprint density at radius 3 is 1.14 bits per heavy atom. The van der Waals surface area contributed by atoms with Crippen LogP contribution in [0.1, 0.15) is 13.8 Å². The lowest BCUT2D eigenvalue weighted by atomic mass is 9.86. The van der Waals surface area contributed by atoms with Gasteiger partial charge >= 0.3 is 0 Å². The van der Waals surface area contributed by atoms with Crippen LogP contribution in [0.25, 0.3) is 0 Å². The maximum absolute atomic E-state index is 6.94. The number of rotatable bonds is 8. The highest BCUT2D eigenvalue weighted by Gasteiger charge is 2.48. The maximum Gasteiger partial charge on any atom is 0.0801 e. The van der Waals surface area contributed by atoms with E-state index in [1.165, 1.54) is 21.2 Å². The van der Waals surface area contributed by atoms with E-state index in [4.69, 9.17) is 4.74 Å². The third-order valence-corrected chi connectivity index (χ3v) is 12.8. The minimum Gasteiger partial charge on any atom is -0.374 e. The smallest absolute Gasteiger partial charge is 0.0801 e. The maximum atomic E-state index is 6.94. The molecule has 3 heteroatoms. The molecule has 35 heavy (non-hydrogen) atoms. The van der Waals surface area contributed by atoms with Crippen molar-refractivity contribution in [3.05, 3.63) is 121 Å². The lowest BCUT2D eigenvalue weighted by Gasteiger charge is -2.40. The Balaban J connectivity index is 1.58. The molecule has 1 heterocycles. The Morgan fingerprint density at radius 2 is 0.886 bits per heavy atom. The minimum absolute atomic E-state index is 0.159. The summed E-state index contributed by atoms with van der Waals surface area (Å²) in [5.74, 6) is 1.05. The average molecular weight is 497 g/mol. The predicted molar refractivity (Wildman–Crippen MR) is 155 cm³/mol. The summed E-state index contributed by atoms with van der Waals surface area (Å²) < 4.78 is 6.94. The van der Waals surface area contributed by atoms with Crippen LogP contribution in [0.5, 0.6) is 0 Å². The van der Waals surface area contributed by atoms with Crippen molar-refractivity contribution in [2.45, 2.75) is 19.4 Å². The molecule has 1 saturated heterocycles. The summed E-state index contributed by atoms with van der Waals surface area (Å²) in [6.45, 7) is 5.65. The summed E-state index contributed by atoms with van der Waals surface area (Å²) in [5, 5.41) is 5.75. The van der Waals surface area contributed by atoms with Crippen molar-refractivity contribution in [3.8, 4) is 0 Å². The van der Waals surface area contributed by atoms with E-state index in [0.29, 0.717) is 11.8 Å². The molecule has 178 valence electrons. The Bertz CT molecular complexity index is 1020. The molecule has 0 aliphatic carbocycles. The highest BCUT2D eigenvalue weighted by Crippen LogP contribution is 2.51. The van der Waals surface area contributed by atoms with Crippen molar-refractivity contribution in [1.82, 2.24) is 0 Å². The molecule has 4 aromatic carbocycles. The predicted octanol–water partition coefficient (Wildman–Crippen LogP) is 6.29. The van der Waals surface area contributed by atoms with Crippen molar-refractivity contribution in [2.75, 3.05) is 18.9 Å². The van der Waals surface area contributed by atoms with Crippen molar-refractivity contribution in [3.63, 3.8) is 0 Å². The fourth-order valence-electron chi connectivity index (χ4n) is 5.15. The molecule has 5 rings (SSSR count). The molecule has 1 aliphatic rings. The van der Waals surface area contributed by atoms with Crippen LogP contribution < -0.4 is 21.2 Å². The third kappa shape index (κ3) is 5.44. The molecule has 0 bridgehead atoms. The molecule has 0 spiro atoms. The molecule has 2 unspecified atom stereocenters. The largest absolute Gasteiger partial charge is 0.374 e. The van der Waals surface area contributed by atoms with Crippen LogP contribution in [-0.4, -0.2) is 24.5 Å². The zero-order chi connectivity index (χ0) is 24.1. The molecule has 0 aromatic heterocycles. The number of hydrogen-bond donors (Lipinski definition) is 0. The van der Waals surface area contributed by atoms with E-state index in [2.05, 4.69) is 135 Å². The van der Waals surface area contributed by atoms with Crippen molar-refractivity contribution in [1.29, 1.82) is 0 Å². The minimum atomic E-state index is -0.539. The summed E-state index contributed by atoms with van der Waals surface area (Å²) in [5.41, 5.74) is -0.159. The lowest BCUT2D eigenvalue weighted by molar-refractivity contribution is 0.0225. The number of hydrogen-bond acceptors (Lipinski definition) is 1. The van der Waals surface area contributed by atoms with Gasteiger partial charge in [-0.15, -0.1) is 0 Å². The van der Waals surface area contributed by atoms with Gasteiger partial charge < -0.3 is 4.74 Å². The Labute approximate surface area is 213 Å². The van der Waals surface area contributed by atoms with E-state index in [9.17, 15) is 0 Å². The van der Waals surface area contributed by atoms with Crippen LogP contribution in [0.2, 0.25) is 0 Å². The van der Waals surface area contributed by atoms with Gasteiger partial charge in [0.15, 0.2) is 0 Å². The Morgan fingerprint density at radius 1 is 0.571 bits per heavy atom. The zero-order valence-corrected chi connectivity index (χ0v) is 22.4. The quantitative estimate of drug-likeness (QED) is 0.261. The van der Waals surface area contributed by atoms with Crippen LogP contribution in [0, 0.1) is 11.8 Å². The Hall–Kier alpha value is -2.30. The summed E-state index contributed by atoms with van der Waals surface area (Å²) in [6, 6.07) is 44.5. The van der Waals surface area contributed by atoms with Crippen LogP contribution >= 0.6 is 15.8 Å². The average Bonchev–Trinajstić information content (AvgIpc) is 3.21. The number of benzene rings is 4. The van der Waals surface area contributed by atoms with Gasteiger partial charge in [-0.1, -0.05) is 135 Å². The molecule has 1 aliphatic heterocycles. The van der Waals surface area contributed by atoms with Gasteiger partial charge in [0.25, 0.3) is 0 Å². The summed E-state index contributed by atoms with van der Waals surface area (Å²) in [4.78, 5) is 0. The molecule has 0 N–H and O–H groups in total. The van der Waals surface area contributed by atoms with Gasteiger partial charge in [-0.05, 0) is 48.9 Å². The molecular formula is C32H34OP2. The fraction of sp³-hybridized carbons (Fsp3) is 0.250. The van der Waals surface area contributed by atoms with Crippen LogP contribution in [-0.2, 0) is 4.74 Å². The van der Waals surface area contributed by atoms with Crippen LogP contribution in [0.15, 0.2) is 121 Å². The van der Waals surface area contributed by atoms with Crippen molar-refractivity contribution >= 4 is 37.1 Å². The number of ether oxygens (including phenoxy) is 1. The first-order valence-electron chi connectivity index (χ1n) is 12.6. The second-order valence-electron chi connectivity index (χ2n) is 9.66. The molecule has 1 fully saturated rings. The third-order valence-electron chi connectivity index (χ3n) is 7.44. The first-order chi connectivity index (χ1) is 17.2. The van der Waals surface area contributed by atoms with Crippen LogP contribution in [0.3, 0.4) is 0 Å². The molecule has 4 aromatic rings. The van der Waals surface area contributed by atoms with Gasteiger partial charge in [0, 0.05) is 12.3 Å². The van der Waals surface area contributed by atoms with Crippen molar-refractivity contribution in [2.24, 2.45) is 11.8 Å². The highest BCUT2D eigenvalue weighted by atomic mass is 31.1. The van der Waals surface area contributed by atoms with E-state index in [0.717, 1.165) is 18.9 Å². The molecular weight excluding hydrogens is 462 g/mol. The monoisotopic (exact) mass is 496 g/mol. The topological polar surface area (TPSA) is 9.23 Å². The van der Waals surface area contributed by atoms with E-state index < -0.39 is 15.8 Å². The van der Waals surface area contributed by atoms with E-state index >= 15 is 0 Å². The van der Waals surface area contributed by atoms with E-state index in [1.54, 1.807) is 0 Å². The Kier molecular flexibility index (Phi) is 7.79. The SMILES string of the molecule is CC1COC(CP(c2ccccc2)c2ccccc2)(CP(c2ccccc2)c2ccccc2)C1C. The molecule has 0 radical (unpaired) electrons. The van der Waals surface area contributed by atoms with Gasteiger partial charge in [-0.2, -0.15) is 0 Å². The summed E-state index contributed by atoms with van der Waals surface area (Å²) in [6.07, 6.45) is 2.11. The zero-order valence-electron chi connectivity index (χ0n) is 20.6. The van der Waals surface area contributed by atoms with Crippen molar-refractivity contribution < 1.29 is 4.74 Å². The van der Waals surface area contributed by atoms with Gasteiger partial charge in [-0.25, -0.2) is 0 Å². The molecule has 0 amide bonds. The van der Waals surface area contributed by atoms with E-state index in [-0.39, 0.29) is 5.60 Å². The first-order valence-corrected chi connectivity index (χ1v) is 15.6. The first kappa shape index (κ1) is 24.4. The second kappa shape index (κ2) is 11.2. The normalized spacial score (nSPS) is 19.3. The summed E-state index contributed by atoms with van der Waals surface area (Å²) in [7, 11) is -1.08. The standard InChI is InChI=1S/C32H34OP2/c1-26-23-33-32(27(26)2,24-34(28-15-7-3-8-16-28)29-17-9-4-10-18-29)25-35(30-19-11-5-12-20-30)31-21-13-6-14-22-31/h3-22,26-27H,23-25H2,1-2H3. The van der Waals surface area contributed by atoms with Gasteiger partial charge in [-0.3, -0.25) is 0 Å². The highest BCUT2D eigenvalue weighted by molar-refractivity contribution is 7.74. The van der Waals surface area contributed by atoms with Gasteiger partial charge in [0.05, 0.1) is 12.2 Å². The van der Waals surface area contributed by atoms with Gasteiger partial charge in [0.2, 0.25) is 0 Å². The molecule has 1 nitrogen and oxygen atoms in total. The molecule has 0 saturated carbocycles. The second-order valence-corrected chi connectivity index (χ2v) is 14.1. The van der Waals surface area contributed by atoms with E-state index in [1.807, 2.05) is 0 Å². The van der Waals surface area contributed by atoms with Gasteiger partial charge in [0.1, 0.15) is 0 Å². The molecule has 2 atom stereocenters. The fourth-order valence-corrected chi connectivity index (χ4v) is 10.8. The lowest BCUT2D eigenvalue weighted by Crippen LogP contribution is -2.45. The summed E-state index contributed by atoms with van der Waals surface area (Å²) >= 11 is 0.